The summed E-state index contributed by atoms with van der Waals surface area (Å²) < 4.78 is 0. The Balaban J connectivity index is 1.11. The lowest BCUT2D eigenvalue weighted by Gasteiger charge is -2.26. The summed E-state index contributed by atoms with van der Waals surface area (Å²) in [6.07, 6.45) is 0. The van der Waals surface area contributed by atoms with E-state index in [4.69, 9.17) is 9.97 Å². The van der Waals surface area contributed by atoms with E-state index < -0.39 is 0 Å². The number of nitrogens with zero attached hydrogens (tertiary/aromatic N) is 4. The summed E-state index contributed by atoms with van der Waals surface area (Å²) in [6.45, 7) is 0. The number of anilines is 6. The van der Waals surface area contributed by atoms with Gasteiger partial charge in [0, 0.05) is 44.3 Å². The molecule has 56 heavy (non-hydrogen) atoms. The van der Waals surface area contributed by atoms with Crippen LogP contribution in [0.4, 0.5) is 34.4 Å². The fourth-order valence-electron chi connectivity index (χ4n) is 7.74. The maximum atomic E-state index is 5.46. The van der Waals surface area contributed by atoms with E-state index in [-0.39, 0.29) is 0 Å². The van der Waals surface area contributed by atoms with Gasteiger partial charge in [0.1, 0.15) is 11.6 Å². The van der Waals surface area contributed by atoms with Crippen molar-refractivity contribution in [2.45, 2.75) is 0 Å². The van der Waals surface area contributed by atoms with Gasteiger partial charge in [-0.3, -0.25) is 9.80 Å². The van der Waals surface area contributed by atoms with E-state index in [2.05, 4.69) is 204 Å². The van der Waals surface area contributed by atoms with Gasteiger partial charge in [0.25, 0.3) is 0 Å². The average molecular weight is 717 g/mol. The molecule has 2 heterocycles. The van der Waals surface area contributed by atoms with Crippen LogP contribution in [0.25, 0.3) is 54.8 Å². The molecule has 0 bridgehead atoms. The van der Waals surface area contributed by atoms with Crippen LogP contribution in [-0.2, 0) is 0 Å². The highest BCUT2D eigenvalue weighted by atomic mass is 15.2. The highest BCUT2D eigenvalue weighted by molar-refractivity contribution is 6.23. The largest absolute Gasteiger partial charge is 0.295 e. The van der Waals surface area contributed by atoms with E-state index in [1.54, 1.807) is 0 Å². The summed E-state index contributed by atoms with van der Waals surface area (Å²) in [7, 11) is 0. The lowest BCUT2D eigenvalue weighted by Crippen LogP contribution is -2.12. The lowest BCUT2D eigenvalue weighted by molar-refractivity contribution is 1.21. The maximum absolute atomic E-state index is 5.46. The minimum absolute atomic E-state index is 0.847. The van der Waals surface area contributed by atoms with Gasteiger partial charge in [-0.1, -0.05) is 146 Å². The molecule has 4 nitrogen and oxygen atoms in total. The Morgan fingerprint density at radius 3 is 0.893 bits per heavy atom. The second-order valence-electron chi connectivity index (χ2n) is 13.8. The van der Waals surface area contributed by atoms with Crippen LogP contribution < -0.4 is 9.80 Å². The number of fused-ring (bicyclic) bond motifs is 6. The third kappa shape index (κ3) is 6.09. The minimum atomic E-state index is 0.847. The van der Waals surface area contributed by atoms with Crippen LogP contribution >= 0.6 is 0 Å². The van der Waals surface area contributed by atoms with E-state index in [9.17, 15) is 0 Å². The summed E-state index contributed by atoms with van der Waals surface area (Å²) in [4.78, 5) is 15.4. The van der Waals surface area contributed by atoms with Crippen LogP contribution in [0.2, 0.25) is 0 Å². The van der Waals surface area contributed by atoms with E-state index in [1.165, 1.54) is 22.3 Å². The van der Waals surface area contributed by atoms with Crippen molar-refractivity contribution >= 4 is 67.0 Å². The van der Waals surface area contributed by atoms with Crippen LogP contribution in [0, 0.1) is 0 Å². The summed E-state index contributed by atoms with van der Waals surface area (Å²) in [5, 5.41) is 4.25. The molecule has 0 aliphatic heterocycles. The van der Waals surface area contributed by atoms with Gasteiger partial charge in [0.05, 0.1) is 11.0 Å². The predicted molar refractivity (Wildman–Crippen MR) is 235 cm³/mol. The second-order valence-corrected chi connectivity index (χ2v) is 13.8. The first-order chi connectivity index (χ1) is 27.8. The van der Waals surface area contributed by atoms with Crippen molar-refractivity contribution in [2.24, 2.45) is 0 Å². The molecule has 0 atom stereocenters. The molecule has 0 saturated heterocycles. The fourth-order valence-corrected chi connectivity index (χ4v) is 7.74. The molecule has 264 valence electrons. The smallest absolute Gasteiger partial charge is 0.138 e. The van der Waals surface area contributed by atoms with Gasteiger partial charge < -0.3 is 0 Å². The van der Waals surface area contributed by atoms with Gasteiger partial charge in [-0.05, 0) is 95.1 Å². The Morgan fingerprint density at radius 2 is 0.518 bits per heavy atom. The summed E-state index contributed by atoms with van der Waals surface area (Å²) >= 11 is 0. The van der Waals surface area contributed by atoms with Crippen molar-refractivity contribution in [1.82, 2.24) is 9.97 Å². The van der Waals surface area contributed by atoms with E-state index in [0.717, 1.165) is 67.0 Å². The normalized spacial score (nSPS) is 11.2. The van der Waals surface area contributed by atoms with E-state index in [1.807, 2.05) is 24.3 Å². The third-order valence-corrected chi connectivity index (χ3v) is 10.4. The Kier molecular flexibility index (Phi) is 8.47. The number of rotatable bonds is 8. The Hall–Kier alpha value is -7.56. The van der Waals surface area contributed by atoms with Gasteiger partial charge in [0.2, 0.25) is 0 Å². The monoisotopic (exact) mass is 716 g/mol. The zero-order chi connectivity index (χ0) is 37.3. The predicted octanol–water partition coefficient (Wildman–Crippen LogP) is 14.2. The number of para-hydroxylation sites is 2. The molecule has 0 aliphatic carbocycles. The molecular weight excluding hydrogens is 681 g/mol. The summed E-state index contributed by atoms with van der Waals surface area (Å²) in [6, 6.07) is 76.6. The number of hydrogen-bond donors (Lipinski definition) is 0. The number of hydrogen-bond acceptors (Lipinski definition) is 4. The van der Waals surface area contributed by atoms with Gasteiger partial charge >= 0.3 is 0 Å². The fraction of sp³-hybridized carbons (Fsp3) is 0. The molecule has 10 aromatic rings. The van der Waals surface area contributed by atoms with Crippen molar-refractivity contribution in [3.63, 3.8) is 0 Å². The zero-order valence-electron chi connectivity index (χ0n) is 30.6. The molecule has 0 N–H and O–H groups in total. The number of aromatic nitrogens is 2. The van der Waals surface area contributed by atoms with E-state index in [0.29, 0.717) is 0 Å². The average Bonchev–Trinajstić information content (AvgIpc) is 3.28. The van der Waals surface area contributed by atoms with Gasteiger partial charge in [-0.25, -0.2) is 9.97 Å². The first-order valence-electron chi connectivity index (χ1n) is 18.9. The molecule has 0 spiro atoms. The first kappa shape index (κ1) is 33.0. The van der Waals surface area contributed by atoms with Gasteiger partial charge in [-0.2, -0.15) is 0 Å². The van der Waals surface area contributed by atoms with Gasteiger partial charge in [0.15, 0.2) is 0 Å². The lowest BCUT2D eigenvalue weighted by atomic mass is 10.00. The van der Waals surface area contributed by atoms with Crippen LogP contribution in [0.5, 0.6) is 0 Å². The number of benzene rings is 8. The highest BCUT2D eigenvalue weighted by Gasteiger charge is 2.20. The quantitative estimate of drug-likeness (QED) is 0.147. The van der Waals surface area contributed by atoms with Crippen LogP contribution in [0.1, 0.15) is 0 Å². The van der Waals surface area contributed by atoms with Crippen molar-refractivity contribution < 1.29 is 0 Å². The topological polar surface area (TPSA) is 32.3 Å². The maximum Gasteiger partial charge on any atom is 0.138 e. The van der Waals surface area contributed by atoms with Crippen LogP contribution in [0.3, 0.4) is 0 Å². The molecule has 0 saturated carbocycles. The standard InChI is InChI=1S/C52H36N4/c1-5-15-37(16-6-1)39-25-29-43(30-26-39)55(41-19-9-3-10-20-41)49-35-33-47-48-34-36-50(54-52(48)46-24-14-13-23-45(46)51(47)53-49)56(42-21-11-4-12-22-42)44-31-27-40(28-32-44)38-17-7-2-8-18-38/h1-36H. The van der Waals surface area contributed by atoms with Crippen LogP contribution in [-0.4, -0.2) is 9.97 Å². The molecule has 0 aliphatic rings. The Morgan fingerprint density at radius 1 is 0.232 bits per heavy atom. The zero-order valence-corrected chi connectivity index (χ0v) is 30.6. The summed E-state index contributed by atoms with van der Waals surface area (Å²) in [5.74, 6) is 1.69. The molecule has 0 amide bonds. The van der Waals surface area contributed by atoms with Crippen molar-refractivity contribution in [3.8, 4) is 22.3 Å². The molecule has 0 fully saturated rings. The minimum Gasteiger partial charge on any atom is -0.295 e. The molecule has 0 radical (unpaired) electrons. The highest BCUT2D eigenvalue weighted by Crippen LogP contribution is 2.41. The Bertz CT molecular complexity index is 2710. The second kappa shape index (κ2) is 14.3. The molecule has 2 aromatic heterocycles. The van der Waals surface area contributed by atoms with Crippen molar-refractivity contribution in [2.75, 3.05) is 9.80 Å². The molecule has 8 aromatic carbocycles. The van der Waals surface area contributed by atoms with Crippen molar-refractivity contribution in [1.29, 1.82) is 0 Å². The molecule has 0 unspecified atom stereocenters. The molecule has 4 heteroatoms. The molecule has 10 rings (SSSR count). The van der Waals surface area contributed by atoms with Crippen molar-refractivity contribution in [3.05, 3.63) is 218 Å². The third-order valence-electron chi connectivity index (χ3n) is 10.4. The van der Waals surface area contributed by atoms with Gasteiger partial charge in [-0.15, -0.1) is 0 Å². The van der Waals surface area contributed by atoms with Crippen LogP contribution in [0.15, 0.2) is 218 Å². The first-order valence-corrected chi connectivity index (χ1v) is 18.9. The number of pyridine rings is 2. The molecular formula is C52H36N4. The SMILES string of the molecule is c1ccc(-c2ccc(N(c3ccccc3)c3ccc4c5ccc(N(c6ccccc6)c6ccc(-c7ccccc7)cc6)nc5c5ccccc5c4n3)cc2)cc1. The van der Waals surface area contributed by atoms with E-state index >= 15 is 0 Å². The summed E-state index contributed by atoms with van der Waals surface area (Å²) in [5.41, 5.74) is 10.8. The Labute approximate surface area is 326 Å².